The third-order valence-corrected chi connectivity index (χ3v) is 6.98. The highest BCUT2D eigenvalue weighted by molar-refractivity contribution is 6.08. The molecular formula is C23H20F5N9O2. The van der Waals surface area contributed by atoms with Gasteiger partial charge in [0.1, 0.15) is 28.8 Å². The molecule has 2 aliphatic rings. The number of halogens is 5. The molecule has 16 heteroatoms. The number of nitrogens with one attached hydrogen (secondary N) is 1. The molecule has 1 saturated carbocycles. The van der Waals surface area contributed by atoms with Crippen LogP contribution in [0.1, 0.15) is 55.3 Å². The number of nitrogen functional groups attached to an aromatic ring is 1. The third-order valence-electron chi connectivity index (χ3n) is 6.98. The molecule has 0 bridgehead atoms. The van der Waals surface area contributed by atoms with Crippen LogP contribution >= 0.6 is 0 Å². The number of hydrogen-bond donors (Lipinski definition) is 2. The summed E-state index contributed by atoms with van der Waals surface area (Å²) in [5.74, 6) is -5.21. The van der Waals surface area contributed by atoms with Crippen molar-refractivity contribution in [1.82, 2.24) is 34.7 Å². The fourth-order valence-corrected chi connectivity index (χ4v) is 4.52. The summed E-state index contributed by atoms with van der Waals surface area (Å²) >= 11 is 0. The highest BCUT2D eigenvalue weighted by atomic mass is 19.4. The lowest BCUT2D eigenvalue weighted by Crippen LogP contribution is -2.36. The number of nitrogens with zero attached hydrogens (tertiary/aromatic N) is 7. The molecule has 0 radical (unpaired) electrons. The molecule has 6 rings (SSSR count). The van der Waals surface area contributed by atoms with Crippen LogP contribution in [0.3, 0.4) is 0 Å². The predicted octanol–water partition coefficient (Wildman–Crippen LogP) is 3.66. The van der Waals surface area contributed by atoms with Gasteiger partial charge < -0.3 is 20.0 Å². The van der Waals surface area contributed by atoms with Crippen molar-refractivity contribution in [2.24, 2.45) is 7.05 Å². The Morgan fingerprint density at radius 3 is 2.59 bits per heavy atom. The van der Waals surface area contributed by atoms with Gasteiger partial charge in [0.15, 0.2) is 11.2 Å². The van der Waals surface area contributed by atoms with Crippen molar-refractivity contribution < 1.29 is 31.2 Å². The number of rotatable bonds is 6. The number of aromatic nitrogens is 7. The second-order valence-electron chi connectivity index (χ2n) is 9.81. The van der Waals surface area contributed by atoms with Crippen LogP contribution in [0.15, 0.2) is 16.7 Å². The lowest BCUT2D eigenvalue weighted by atomic mass is 9.84. The molecule has 39 heavy (non-hydrogen) atoms. The quantitative estimate of drug-likeness (QED) is 0.344. The van der Waals surface area contributed by atoms with Gasteiger partial charge in [-0.2, -0.15) is 22.0 Å². The van der Waals surface area contributed by atoms with Crippen LogP contribution in [0, 0.1) is 0 Å². The van der Waals surface area contributed by atoms with Crippen molar-refractivity contribution in [3.63, 3.8) is 0 Å². The molecule has 1 aliphatic heterocycles. The van der Waals surface area contributed by atoms with Crippen LogP contribution in [0.5, 0.6) is 0 Å². The van der Waals surface area contributed by atoms with E-state index in [9.17, 15) is 26.7 Å². The lowest BCUT2D eigenvalue weighted by Gasteiger charge is -2.19. The summed E-state index contributed by atoms with van der Waals surface area (Å²) in [6.07, 6.45) is -4.57. The minimum atomic E-state index is -5.70. The molecule has 4 aromatic rings. The van der Waals surface area contributed by atoms with E-state index in [0.29, 0.717) is 11.3 Å². The second kappa shape index (κ2) is 8.13. The molecule has 0 aromatic carbocycles. The first-order chi connectivity index (χ1) is 18.3. The Labute approximate surface area is 216 Å². The van der Waals surface area contributed by atoms with E-state index in [1.54, 1.807) is 30.8 Å². The van der Waals surface area contributed by atoms with E-state index in [-0.39, 0.29) is 52.0 Å². The first-order valence-corrected chi connectivity index (χ1v) is 11.9. The van der Waals surface area contributed by atoms with E-state index in [2.05, 4.69) is 35.5 Å². The fraction of sp³-hybridized carbons (Fsp3) is 0.435. The number of nitrogens with two attached hydrogens (primary N) is 1. The van der Waals surface area contributed by atoms with Crippen LogP contribution in [0.2, 0.25) is 0 Å². The number of carbonyl (C=O) groups is 1. The smallest absolute Gasteiger partial charge is 0.423 e. The molecule has 0 spiro atoms. The van der Waals surface area contributed by atoms with Gasteiger partial charge in [-0.15, -0.1) is 10.2 Å². The lowest BCUT2D eigenvalue weighted by molar-refractivity contribution is -0.284. The van der Waals surface area contributed by atoms with Gasteiger partial charge in [-0.25, -0.2) is 19.9 Å². The Morgan fingerprint density at radius 2 is 1.90 bits per heavy atom. The maximum Gasteiger partial charge on any atom is 0.453 e. The van der Waals surface area contributed by atoms with Crippen molar-refractivity contribution in [3.8, 4) is 11.5 Å². The molecular weight excluding hydrogens is 529 g/mol. The molecule has 1 amide bonds. The second-order valence-corrected chi connectivity index (χ2v) is 9.81. The maximum absolute atomic E-state index is 13.6. The number of anilines is 2. The van der Waals surface area contributed by atoms with Gasteiger partial charge in [-0.1, -0.05) is 0 Å². The Kier molecular flexibility index (Phi) is 5.22. The fourth-order valence-electron chi connectivity index (χ4n) is 4.52. The summed E-state index contributed by atoms with van der Waals surface area (Å²) in [4.78, 5) is 30.3. The molecule has 0 saturated heterocycles. The first-order valence-electron chi connectivity index (χ1n) is 11.9. The van der Waals surface area contributed by atoms with Crippen LogP contribution < -0.4 is 11.1 Å². The Balaban J connectivity index is 1.42. The zero-order valence-corrected chi connectivity index (χ0v) is 20.5. The molecule has 1 unspecified atom stereocenters. The van der Waals surface area contributed by atoms with Gasteiger partial charge >= 0.3 is 12.1 Å². The van der Waals surface area contributed by atoms with E-state index in [0.717, 1.165) is 12.8 Å². The van der Waals surface area contributed by atoms with E-state index >= 15 is 0 Å². The molecule has 4 aromatic heterocycles. The number of carbonyl (C=O) groups excluding carboxylic acids is 1. The SMILES string of the molecule is Cn1ccc2c(-c3nc(N)c4c(n3)NC(=O)C4(C)c3nnc(C4CC4)o3)nc(CCC(F)(F)C(F)(F)F)nc21. The summed E-state index contributed by atoms with van der Waals surface area (Å²) in [7, 11) is 1.62. The topological polar surface area (TPSA) is 151 Å². The van der Waals surface area contributed by atoms with Gasteiger partial charge in [0.2, 0.25) is 17.7 Å². The average Bonchev–Trinajstić information content (AvgIpc) is 3.36. The molecule has 204 valence electrons. The van der Waals surface area contributed by atoms with Crippen molar-refractivity contribution in [2.45, 2.75) is 56.0 Å². The van der Waals surface area contributed by atoms with Crippen molar-refractivity contribution in [3.05, 3.63) is 35.4 Å². The summed E-state index contributed by atoms with van der Waals surface area (Å²) in [6, 6.07) is 1.62. The first kappa shape index (κ1) is 25.1. The van der Waals surface area contributed by atoms with Crippen LogP contribution in [-0.4, -0.2) is 52.7 Å². The van der Waals surface area contributed by atoms with Crippen molar-refractivity contribution in [1.29, 1.82) is 0 Å². The van der Waals surface area contributed by atoms with Gasteiger partial charge in [-0.05, 0) is 25.8 Å². The third kappa shape index (κ3) is 3.87. The van der Waals surface area contributed by atoms with E-state index in [4.69, 9.17) is 10.2 Å². The Hall–Kier alpha value is -4.24. The van der Waals surface area contributed by atoms with Crippen molar-refractivity contribution >= 4 is 28.6 Å². The summed E-state index contributed by atoms with van der Waals surface area (Å²) < 4.78 is 72.6. The van der Waals surface area contributed by atoms with E-state index < -0.39 is 36.3 Å². The molecule has 3 N–H and O–H groups in total. The van der Waals surface area contributed by atoms with Crippen LogP contribution in [0.4, 0.5) is 33.6 Å². The highest BCUT2D eigenvalue weighted by Crippen LogP contribution is 2.46. The monoisotopic (exact) mass is 549 g/mol. The normalized spacial score (nSPS) is 19.5. The zero-order chi connectivity index (χ0) is 27.9. The van der Waals surface area contributed by atoms with Gasteiger partial charge in [0, 0.05) is 37.4 Å². The van der Waals surface area contributed by atoms with Gasteiger partial charge in [-0.3, -0.25) is 4.79 Å². The minimum Gasteiger partial charge on any atom is -0.423 e. The van der Waals surface area contributed by atoms with Gasteiger partial charge in [0.25, 0.3) is 0 Å². The number of alkyl halides is 5. The predicted molar refractivity (Wildman–Crippen MR) is 125 cm³/mol. The maximum atomic E-state index is 13.6. The van der Waals surface area contributed by atoms with E-state index in [1.807, 2.05) is 0 Å². The highest BCUT2D eigenvalue weighted by Gasteiger charge is 2.57. The summed E-state index contributed by atoms with van der Waals surface area (Å²) in [5.41, 5.74) is 5.37. The van der Waals surface area contributed by atoms with Gasteiger partial charge in [0.05, 0.1) is 5.56 Å². The van der Waals surface area contributed by atoms with Crippen LogP contribution in [-0.2, 0) is 23.7 Å². The summed E-state index contributed by atoms with van der Waals surface area (Å²) in [6.45, 7) is 1.55. The van der Waals surface area contributed by atoms with Crippen molar-refractivity contribution in [2.75, 3.05) is 11.1 Å². The Bertz CT molecular complexity index is 1640. The molecule has 1 atom stereocenters. The molecule has 1 aliphatic carbocycles. The zero-order valence-electron chi connectivity index (χ0n) is 20.5. The number of amides is 1. The molecule has 11 nitrogen and oxygen atoms in total. The number of hydrogen-bond acceptors (Lipinski definition) is 9. The van der Waals surface area contributed by atoms with E-state index in [1.165, 1.54) is 0 Å². The number of fused-ring (bicyclic) bond motifs is 2. The Morgan fingerprint density at radius 1 is 1.15 bits per heavy atom. The average molecular weight is 549 g/mol. The summed E-state index contributed by atoms with van der Waals surface area (Å²) in [5, 5.41) is 11.2. The standard InChI is InChI=1S/C23H20F5N9O2/c1-21(20-36-35-18(39-20)9-3-4-9)12-14(29)32-16(33-15(12)34-19(21)38)13-10-6-8-37(2)17(10)31-11(30-13)5-7-22(24,25)23(26,27)28/h6,8-9H,3-5,7H2,1-2H3,(H3,29,32,33,34,38). The number of aryl methyl sites for hydroxylation is 2. The largest absolute Gasteiger partial charge is 0.453 e. The minimum absolute atomic E-state index is 0.0315. The molecule has 1 fully saturated rings. The van der Waals surface area contributed by atoms with Crippen LogP contribution in [0.25, 0.3) is 22.6 Å². The molecule has 5 heterocycles.